The summed E-state index contributed by atoms with van der Waals surface area (Å²) in [4.78, 5) is 14.2. The average molecular weight is 416 g/mol. The fraction of sp³-hybridized carbons (Fsp3) is 0.300. The summed E-state index contributed by atoms with van der Waals surface area (Å²) in [6.07, 6.45) is 4.19. The molecular formula is C20H22BrN3O2. The maximum absolute atomic E-state index is 11.8. The molecule has 1 N–H and O–H groups in total. The van der Waals surface area contributed by atoms with Crippen molar-refractivity contribution in [2.45, 2.75) is 19.8 Å². The molecule has 26 heavy (non-hydrogen) atoms. The van der Waals surface area contributed by atoms with Crippen molar-refractivity contribution in [1.29, 1.82) is 0 Å². The first-order chi connectivity index (χ1) is 12.6. The van der Waals surface area contributed by atoms with Crippen LogP contribution in [0.15, 0.2) is 52.0 Å². The summed E-state index contributed by atoms with van der Waals surface area (Å²) in [7, 11) is 0. The van der Waals surface area contributed by atoms with Gasteiger partial charge in [-0.25, -0.2) is 5.43 Å². The molecule has 1 fully saturated rings. The summed E-state index contributed by atoms with van der Waals surface area (Å²) in [6.45, 7) is 4.23. The number of anilines is 1. The quantitative estimate of drug-likeness (QED) is 0.574. The smallest absolute Gasteiger partial charge is 0.277 e. The first-order valence-electron chi connectivity index (χ1n) is 8.68. The molecule has 2 aromatic rings. The van der Waals surface area contributed by atoms with Crippen molar-refractivity contribution in [1.82, 2.24) is 5.43 Å². The number of hydrogen-bond acceptors (Lipinski definition) is 4. The van der Waals surface area contributed by atoms with Gasteiger partial charge in [0.2, 0.25) is 0 Å². The van der Waals surface area contributed by atoms with E-state index in [-0.39, 0.29) is 12.5 Å². The van der Waals surface area contributed by atoms with Crippen LogP contribution in [0.1, 0.15) is 24.0 Å². The van der Waals surface area contributed by atoms with Gasteiger partial charge in [-0.2, -0.15) is 5.10 Å². The third-order valence-corrected chi connectivity index (χ3v) is 4.83. The summed E-state index contributed by atoms with van der Waals surface area (Å²) in [5, 5.41) is 4.03. The molecule has 3 rings (SSSR count). The zero-order chi connectivity index (χ0) is 18.4. The van der Waals surface area contributed by atoms with E-state index in [9.17, 15) is 4.79 Å². The zero-order valence-corrected chi connectivity index (χ0v) is 16.3. The minimum absolute atomic E-state index is 0.0775. The highest BCUT2D eigenvalue weighted by atomic mass is 79.9. The molecule has 1 aliphatic rings. The van der Waals surface area contributed by atoms with Crippen LogP contribution in [0.3, 0.4) is 0 Å². The van der Waals surface area contributed by atoms with Crippen molar-refractivity contribution in [3.63, 3.8) is 0 Å². The van der Waals surface area contributed by atoms with E-state index in [4.69, 9.17) is 4.74 Å². The van der Waals surface area contributed by atoms with E-state index < -0.39 is 0 Å². The largest absolute Gasteiger partial charge is 0.484 e. The van der Waals surface area contributed by atoms with E-state index in [1.807, 2.05) is 18.2 Å². The molecule has 0 aliphatic carbocycles. The Balaban J connectivity index is 1.49. The second kappa shape index (κ2) is 8.85. The molecule has 0 radical (unpaired) electrons. The molecule has 0 saturated carbocycles. The molecule has 0 bridgehead atoms. The van der Waals surface area contributed by atoms with Crippen LogP contribution in [0.25, 0.3) is 0 Å². The van der Waals surface area contributed by atoms with Crippen LogP contribution < -0.4 is 15.1 Å². The number of carbonyl (C=O) groups excluding carboxylic acids is 1. The lowest BCUT2D eigenvalue weighted by atomic mass is 10.1. The number of benzene rings is 2. The zero-order valence-electron chi connectivity index (χ0n) is 14.7. The van der Waals surface area contributed by atoms with Crippen LogP contribution in [0, 0.1) is 6.92 Å². The second-order valence-electron chi connectivity index (χ2n) is 6.27. The monoisotopic (exact) mass is 415 g/mol. The van der Waals surface area contributed by atoms with E-state index in [0.717, 1.165) is 28.7 Å². The van der Waals surface area contributed by atoms with Crippen molar-refractivity contribution in [2.24, 2.45) is 5.10 Å². The van der Waals surface area contributed by atoms with Gasteiger partial charge in [-0.1, -0.05) is 22.0 Å². The molecule has 1 aliphatic heterocycles. The number of hydrogen-bond donors (Lipinski definition) is 1. The van der Waals surface area contributed by atoms with E-state index in [0.29, 0.717) is 5.75 Å². The number of amides is 1. The molecular weight excluding hydrogens is 394 g/mol. The van der Waals surface area contributed by atoms with E-state index >= 15 is 0 Å². The Hall–Kier alpha value is -2.34. The van der Waals surface area contributed by atoms with Crippen LogP contribution in [0.4, 0.5) is 5.69 Å². The third-order valence-electron chi connectivity index (χ3n) is 4.30. The molecule has 6 heteroatoms. The van der Waals surface area contributed by atoms with Crippen LogP contribution in [0.5, 0.6) is 5.75 Å². The first kappa shape index (κ1) is 18.5. The fourth-order valence-corrected chi connectivity index (χ4v) is 3.13. The number of nitrogens with zero attached hydrogens (tertiary/aromatic N) is 2. The van der Waals surface area contributed by atoms with Crippen molar-refractivity contribution >= 4 is 33.7 Å². The number of nitrogens with one attached hydrogen (secondary N) is 1. The highest BCUT2D eigenvalue weighted by molar-refractivity contribution is 9.10. The maximum Gasteiger partial charge on any atom is 0.277 e. The molecule has 5 nitrogen and oxygen atoms in total. The van der Waals surface area contributed by atoms with Gasteiger partial charge in [-0.3, -0.25) is 4.79 Å². The van der Waals surface area contributed by atoms with Gasteiger partial charge in [0.1, 0.15) is 5.75 Å². The number of aryl methyl sites for hydroxylation is 1. The lowest BCUT2D eigenvalue weighted by Crippen LogP contribution is -2.24. The Morgan fingerprint density at radius 3 is 2.65 bits per heavy atom. The summed E-state index contributed by atoms with van der Waals surface area (Å²) in [5.74, 6) is 0.344. The predicted octanol–water partition coefficient (Wildman–Crippen LogP) is 3.89. The lowest BCUT2D eigenvalue weighted by molar-refractivity contribution is -0.123. The van der Waals surface area contributed by atoms with Crippen LogP contribution in [-0.2, 0) is 4.79 Å². The summed E-state index contributed by atoms with van der Waals surface area (Å²) in [5.41, 5.74) is 5.87. The van der Waals surface area contributed by atoms with Crippen LogP contribution in [0.2, 0.25) is 0 Å². The predicted molar refractivity (Wildman–Crippen MR) is 108 cm³/mol. The highest BCUT2D eigenvalue weighted by Crippen LogP contribution is 2.22. The van der Waals surface area contributed by atoms with E-state index in [1.165, 1.54) is 18.5 Å². The minimum atomic E-state index is -0.296. The molecule has 0 unspecified atom stereocenters. The Morgan fingerprint density at radius 1 is 1.23 bits per heavy atom. The fourth-order valence-electron chi connectivity index (χ4n) is 2.86. The van der Waals surface area contributed by atoms with Crippen molar-refractivity contribution in [2.75, 3.05) is 24.6 Å². The SMILES string of the molecule is Cc1cc(N2CCCC2)ccc1/C=N\NC(=O)COc1ccc(Br)cc1. The molecule has 0 spiro atoms. The van der Waals surface area contributed by atoms with Gasteiger partial charge in [0.25, 0.3) is 5.91 Å². The van der Waals surface area contributed by atoms with Gasteiger partial charge in [-0.05, 0) is 67.3 Å². The molecule has 0 aromatic heterocycles. The van der Waals surface area contributed by atoms with E-state index in [2.05, 4.69) is 50.4 Å². The van der Waals surface area contributed by atoms with Crippen LogP contribution in [-0.4, -0.2) is 31.8 Å². The van der Waals surface area contributed by atoms with E-state index in [1.54, 1.807) is 18.3 Å². The van der Waals surface area contributed by atoms with Gasteiger partial charge in [0.05, 0.1) is 6.21 Å². The van der Waals surface area contributed by atoms with Gasteiger partial charge in [-0.15, -0.1) is 0 Å². The molecule has 0 atom stereocenters. The summed E-state index contributed by atoms with van der Waals surface area (Å²) >= 11 is 3.35. The second-order valence-corrected chi connectivity index (χ2v) is 7.19. The Kier molecular flexibility index (Phi) is 6.28. The molecule has 2 aromatic carbocycles. The molecule has 1 saturated heterocycles. The Morgan fingerprint density at radius 2 is 1.96 bits per heavy atom. The minimum Gasteiger partial charge on any atom is -0.484 e. The van der Waals surface area contributed by atoms with Crippen molar-refractivity contribution in [3.05, 3.63) is 58.1 Å². The Labute approximate surface area is 162 Å². The standard InChI is InChI=1S/C20H22BrN3O2/c1-15-12-18(24-10-2-3-11-24)7-4-16(15)13-22-23-20(25)14-26-19-8-5-17(21)6-9-19/h4-9,12-13H,2-3,10-11,14H2,1H3,(H,23,25)/b22-13-. The lowest BCUT2D eigenvalue weighted by Gasteiger charge is -2.18. The van der Waals surface area contributed by atoms with Crippen molar-refractivity contribution in [3.8, 4) is 5.75 Å². The van der Waals surface area contributed by atoms with Gasteiger partial charge in [0.15, 0.2) is 6.61 Å². The number of halogens is 1. The van der Waals surface area contributed by atoms with Crippen molar-refractivity contribution < 1.29 is 9.53 Å². The first-order valence-corrected chi connectivity index (χ1v) is 9.47. The van der Waals surface area contributed by atoms with Gasteiger partial charge < -0.3 is 9.64 Å². The molecule has 136 valence electrons. The third kappa shape index (κ3) is 5.08. The van der Waals surface area contributed by atoms with Gasteiger partial charge >= 0.3 is 0 Å². The highest BCUT2D eigenvalue weighted by Gasteiger charge is 2.12. The summed E-state index contributed by atoms with van der Waals surface area (Å²) in [6, 6.07) is 13.6. The van der Waals surface area contributed by atoms with Crippen LogP contribution >= 0.6 is 15.9 Å². The number of ether oxygens (including phenoxy) is 1. The normalized spacial score (nSPS) is 14.0. The number of hydrazone groups is 1. The topological polar surface area (TPSA) is 53.9 Å². The molecule has 1 heterocycles. The maximum atomic E-state index is 11.8. The molecule has 1 amide bonds. The number of carbonyl (C=O) groups is 1. The van der Waals surface area contributed by atoms with Gasteiger partial charge in [0, 0.05) is 23.2 Å². The average Bonchev–Trinajstić information content (AvgIpc) is 3.17. The summed E-state index contributed by atoms with van der Waals surface area (Å²) < 4.78 is 6.37. The Bertz CT molecular complexity index is 784. The number of rotatable bonds is 6.